The van der Waals surface area contributed by atoms with Crippen molar-refractivity contribution in [1.82, 2.24) is 4.98 Å². The van der Waals surface area contributed by atoms with E-state index >= 15 is 0 Å². The number of rotatable bonds is 3. The summed E-state index contributed by atoms with van der Waals surface area (Å²) in [5, 5.41) is 0. The van der Waals surface area contributed by atoms with Crippen LogP contribution in [0.4, 0.5) is 13.2 Å². The lowest BCUT2D eigenvalue weighted by Gasteiger charge is -2.11. The van der Waals surface area contributed by atoms with Crippen LogP contribution in [0.5, 0.6) is 0 Å². The average Bonchev–Trinajstić information content (AvgIpc) is 2.45. The maximum absolute atomic E-state index is 12.7. The molecule has 7 heteroatoms. The van der Waals surface area contributed by atoms with Gasteiger partial charge in [-0.3, -0.25) is 4.98 Å². The fourth-order valence-corrected chi connectivity index (χ4v) is 2.06. The summed E-state index contributed by atoms with van der Waals surface area (Å²) >= 11 is 0.380. The summed E-state index contributed by atoms with van der Waals surface area (Å²) in [6.45, 7) is 0. The van der Waals surface area contributed by atoms with Crippen LogP contribution < -0.4 is 0 Å². The normalized spacial score (nSPS) is 11.2. The van der Waals surface area contributed by atoms with Gasteiger partial charge in [-0.25, -0.2) is 4.79 Å². The first-order valence-electron chi connectivity index (χ1n) is 5.43. The predicted molar refractivity (Wildman–Crippen MR) is 67.0 cm³/mol. The third kappa shape index (κ3) is 3.51. The average molecular weight is 299 g/mol. The van der Waals surface area contributed by atoms with E-state index in [0.29, 0.717) is 12.0 Å². The second kappa shape index (κ2) is 5.96. The van der Waals surface area contributed by atoms with Crippen LogP contribution >= 0.6 is 12.0 Å². The molecule has 0 unspecified atom stereocenters. The molecule has 0 aliphatic rings. The van der Waals surface area contributed by atoms with Crippen LogP contribution in [0.2, 0.25) is 0 Å². The van der Waals surface area contributed by atoms with Gasteiger partial charge in [0.25, 0.3) is 0 Å². The minimum absolute atomic E-state index is 0.169. The Bertz CT molecular complexity index is 602. The van der Waals surface area contributed by atoms with E-state index < -0.39 is 17.7 Å². The summed E-state index contributed by atoms with van der Waals surface area (Å²) in [6.07, 6.45) is -1.74. The molecule has 0 aliphatic heterocycles. The zero-order valence-electron chi connectivity index (χ0n) is 9.92. The van der Waals surface area contributed by atoms with E-state index in [1.54, 1.807) is 0 Å². The number of carbonyl (C=O) groups is 1. The first kappa shape index (κ1) is 14.4. The first-order chi connectivity index (χ1) is 9.48. The molecule has 0 aliphatic carbocycles. The Kier molecular flexibility index (Phi) is 4.29. The molecule has 0 saturated carbocycles. The molecule has 1 aromatic heterocycles. The third-order valence-electron chi connectivity index (χ3n) is 2.30. The molecule has 20 heavy (non-hydrogen) atoms. The number of carbonyl (C=O) groups excluding carboxylic acids is 1. The molecule has 2 aromatic rings. The van der Waals surface area contributed by atoms with Crippen molar-refractivity contribution in [1.29, 1.82) is 0 Å². The summed E-state index contributed by atoms with van der Waals surface area (Å²) in [7, 11) is 0. The van der Waals surface area contributed by atoms with Gasteiger partial charge in [0.05, 0.1) is 28.1 Å². The summed E-state index contributed by atoms with van der Waals surface area (Å²) in [6, 6.07) is 7.88. The molecule has 0 bridgehead atoms. The molecule has 0 atom stereocenters. The SMILES string of the molecule is O=C(OSc1ccccc1C(F)(F)F)c1cccnc1. The largest absolute Gasteiger partial charge is 0.417 e. The van der Waals surface area contributed by atoms with Gasteiger partial charge in [0, 0.05) is 12.4 Å². The highest BCUT2D eigenvalue weighted by atomic mass is 32.2. The minimum atomic E-state index is -4.50. The maximum Gasteiger partial charge on any atom is 0.417 e. The molecule has 0 fully saturated rings. The lowest BCUT2D eigenvalue weighted by atomic mass is 10.2. The minimum Gasteiger partial charge on any atom is -0.382 e. The van der Waals surface area contributed by atoms with E-state index in [0.717, 1.165) is 6.07 Å². The fraction of sp³-hybridized carbons (Fsp3) is 0.0769. The number of benzene rings is 1. The molecule has 3 nitrogen and oxygen atoms in total. The molecular formula is C13H8F3NO2S. The van der Waals surface area contributed by atoms with Crippen LogP contribution in [0.1, 0.15) is 15.9 Å². The van der Waals surface area contributed by atoms with E-state index in [2.05, 4.69) is 4.98 Å². The van der Waals surface area contributed by atoms with Gasteiger partial charge in [-0.1, -0.05) is 12.1 Å². The maximum atomic E-state index is 12.7. The van der Waals surface area contributed by atoms with E-state index in [1.165, 1.54) is 42.7 Å². The summed E-state index contributed by atoms with van der Waals surface area (Å²) < 4.78 is 43.0. The van der Waals surface area contributed by atoms with Crippen LogP contribution in [0.3, 0.4) is 0 Å². The van der Waals surface area contributed by atoms with Crippen molar-refractivity contribution < 1.29 is 22.1 Å². The smallest absolute Gasteiger partial charge is 0.382 e. The molecule has 2 rings (SSSR count). The van der Waals surface area contributed by atoms with Crippen molar-refractivity contribution in [3.8, 4) is 0 Å². The van der Waals surface area contributed by atoms with Gasteiger partial charge in [0.2, 0.25) is 0 Å². The number of alkyl halides is 3. The monoisotopic (exact) mass is 299 g/mol. The molecule has 0 N–H and O–H groups in total. The second-order valence-electron chi connectivity index (χ2n) is 3.69. The molecule has 1 heterocycles. The van der Waals surface area contributed by atoms with Crippen molar-refractivity contribution in [2.24, 2.45) is 0 Å². The number of hydrogen-bond donors (Lipinski definition) is 0. The van der Waals surface area contributed by atoms with Crippen LogP contribution in [0, 0.1) is 0 Å². The van der Waals surface area contributed by atoms with Crippen LogP contribution in [0.25, 0.3) is 0 Å². The quantitative estimate of drug-likeness (QED) is 0.804. The number of halogens is 3. The van der Waals surface area contributed by atoms with Gasteiger partial charge in [0.15, 0.2) is 0 Å². The Morgan fingerprint density at radius 3 is 2.55 bits per heavy atom. The van der Waals surface area contributed by atoms with Crippen molar-refractivity contribution in [2.45, 2.75) is 11.1 Å². The Morgan fingerprint density at radius 1 is 1.15 bits per heavy atom. The Hall–Kier alpha value is -2.02. The van der Waals surface area contributed by atoms with E-state index in [-0.39, 0.29) is 10.5 Å². The highest BCUT2D eigenvalue weighted by Crippen LogP contribution is 2.36. The standard InChI is InChI=1S/C13H8F3NO2S/c14-13(15,16)10-5-1-2-6-11(10)20-19-12(18)9-4-3-7-17-8-9/h1-8H. The first-order valence-corrected chi connectivity index (χ1v) is 6.18. The molecular weight excluding hydrogens is 291 g/mol. The van der Waals surface area contributed by atoms with Crippen molar-refractivity contribution in [3.05, 3.63) is 59.9 Å². The molecule has 104 valence electrons. The van der Waals surface area contributed by atoms with Crippen molar-refractivity contribution >= 4 is 18.0 Å². The highest BCUT2D eigenvalue weighted by Gasteiger charge is 2.33. The van der Waals surface area contributed by atoms with Gasteiger partial charge in [-0.05, 0) is 24.3 Å². The highest BCUT2D eigenvalue weighted by molar-refractivity contribution is 7.95. The number of pyridine rings is 1. The number of aromatic nitrogens is 1. The lowest BCUT2D eigenvalue weighted by Crippen LogP contribution is -2.07. The summed E-state index contributed by atoms with van der Waals surface area (Å²) in [5.74, 6) is -0.750. The van der Waals surface area contributed by atoms with Gasteiger partial charge < -0.3 is 4.18 Å². The van der Waals surface area contributed by atoms with Crippen molar-refractivity contribution in [2.75, 3.05) is 0 Å². The molecule has 1 aromatic carbocycles. The van der Waals surface area contributed by atoms with Gasteiger partial charge in [0.1, 0.15) is 0 Å². The Labute approximate surface area is 117 Å². The van der Waals surface area contributed by atoms with Crippen LogP contribution in [-0.4, -0.2) is 11.0 Å². The number of hydrogen-bond acceptors (Lipinski definition) is 4. The fourth-order valence-electron chi connectivity index (χ4n) is 1.39. The van der Waals surface area contributed by atoms with Crippen molar-refractivity contribution in [3.63, 3.8) is 0 Å². The predicted octanol–water partition coefficient (Wildman–Crippen LogP) is 3.96. The van der Waals surface area contributed by atoms with E-state index in [4.69, 9.17) is 4.18 Å². The van der Waals surface area contributed by atoms with Gasteiger partial charge in [-0.15, -0.1) is 0 Å². The topological polar surface area (TPSA) is 39.2 Å². The molecule has 0 spiro atoms. The Morgan fingerprint density at radius 2 is 1.90 bits per heavy atom. The van der Waals surface area contributed by atoms with E-state index in [1.807, 2.05) is 0 Å². The van der Waals surface area contributed by atoms with Crippen LogP contribution in [0.15, 0.2) is 53.7 Å². The zero-order valence-corrected chi connectivity index (χ0v) is 10.7. The van der Waals surface area contributed by atoms with Gasteiger partial charge >= 0.3 is 12.1 Å². The molecule has 0 radical (unpaired) electrons. The molecule has 0 amide bonds. The summed E-state index contributed by atoms with van der Waals surface area (Å²) in [5.41, 5.74) is -0.673. The summed E-state index contributed by atoms with van der Waals surface area (Å²) in [4.78, 5) is 15.2. The van der Waals surface area contributed by atoms with Crippen LogP contribution in [-0.2, 0) is 10.4 Å². The zero-order chi connectivity index (χ0) is 14.6. The van der Waals surface area contributed by atoms with Gasteiger partial charge in [-0.2, -0.15) is 13.2 Å². The molecule has 0 saturated heterocycles. The van der Waals surface area contributed by atoms with E-state index in [9.17, 15) is 18.0 Å². The number of nitrogens with zero attached hydrogens (tertiary/aromatic N) is 1. The third-order valence-corrected chi connectivity index (χ3v) is 3.07. The second-order valence-corrected chi connectivity index (χ2v) is 4.46. The lowest BCUT2D eigenvalue weighted by molar-refractivity contribution is -0.139. The Balaban J connectivity index is 2.11.